The Hall–Kier alpha value is -1.13. The first-order valence-electron chi connectivity index (χ1n) is 8.77. The first-order valence-corrected chi connectivity index (χ1v) is 10.6. The summed E-state index contributed by atoms with van der Waals surface area (Å²) in [6.45, 7) is 7.03. The number of allylic oxidation sites excluding steroid dienone is 2. The largest absolute Gasteiger partial charge is 0.174 e. The van der Waals surface area contributed by atoms with Gasteiger partial charge in [-0.3, -0.25) is 0 Å². The summed E-state index contributed by atoms with van der Waals surface area (Å²) in [5, 5.41) is 9.81. The minimum Gasteiger partial charge on any atom is -0.137 e. The molecule has 1 saturated carbocycles. The summed E-state index contributed by atoms with van der Waals surface area (Å²) < 4.78 is 1.09. The maximum absolute atomic E-state index is 4.39. The van der Waals surface area contributed by atoms with Gasteiger partial charge in [0.05, 0.1) is 0 Å². The third kappa shape index (κ3) is 2.84. The van der Waals surface area contributed by atoms with Crippen LogP contribution < -0.4 is 0 Å². The van der Waals surface area contributed by atoms with Crippen LogP contribution in [0, 0.1) is 24.2 Å². The molecule has 1 heterocycles. The van der Waals surface area contributed by atoms with Crippen LogP contribution in [0.5, 0.6) is 0 Å². The van der Waals surface area contributed by atoms with Crippen LogP contribution in [0.25, 0.3) is 10.6 Å². The van der Waals surface area contributed by atoms with E-state index in [1.807, 2.05) is 11.8 Å². The molecule has 2 bridgehead atoms. The highest BCUT2D eigenvalue weighted by Gasteiger charge is 2.50. The van der Waals surface area contributed by atoms with E-state index in [0.717, 1.165) is 26.9 Å². The van der Waals surface area contributed by atoms with Crippen LogP contribution in [0.3, 0.4) is 0 Å². The highest BCUT2D eigenvalue weighted by Crippen LogP contribution is 2.59. The van der Waals surface area contributed by atoms with Crippen LogP contribution in [-0.2, 0) is 0 Å². The summed E-state index contributed by atoms with van der Waals surface area (Å²) in [6, 6.07) is 8.40. The molecule has 2 atom stereocenters. The van der Waals surface area contributed by atoms with Crippen molar-refractivity contribution in [3.63, 3.8) is 0 Å². The van der Waals surface area contributed by atoms with E-state index in [1.54, 1.807) is 16.9 Å². The molecule has 3 aliphatic rings. The van der Waals surface area contributed by atoms with Crippen LogP contribution in [0.15, 0.2) is 40.3 Å². The van der Waals surface area contributed by atoms with Gasteiger partial charge in [0.2, 0.25) is 0 Å². The number of benzene rings is 1. The maximum Gasteiger partial charge on any atom is 0.174 e. The predicted octanol–water partition coefficient (Wildman–Crippen LogP) is 5.99. The van der Waals surface area contributed by atoms with Crippen LogP contribution >= 0.6 is 23.1 Å². The molecule has 1 fully saturated rings. The van der Waals surface area contributed by atoms with Gasteiger partial charge in [-0.15, -0.1) is 10.2 Å². The van der Waals surface area contributed by atoms with Crippen molar-refractivity contribution >= 4 is 23.1 Å². The normalized spacial score (nSPS) is 24.4. The lowest BCUT2D eigenvalue weighted by atomic mass is 9.48. The van der Waals surface area contributed by atoms with Gasteiger partial charge >= 0.3 is 0 Å². The number of fused-ring (bicyclic) bond motifs is 1. The second-order valence-electron chi connectivity index (χ2n) is 7.61. The zero-order valence-electron chi connectivity index (χ0n) is 14.6. The molecule has 2 nitrogen and oxygen atoms in total. The van der Waals surface area contributed by atoms with E-state index in [9.17, 15) is 0 Å². The minimum atomic E-state index is 0.537. The smallest absolute Gasteiger partial charge is 0.137 e. The third-order valence-corrected chi connectivity index (χ3v) is 8.07. The van der Waals surface area contributed by atoms with Crippen molar-refractivity contribution in [3.05, 3.63) is 41.5 Å². The van der Waals surface area contributed by atoms with Gasteiger partial charge in [-0.2, -0.15) is 0 Å². The van der Waals surface area contributed by atoms with Gasteiger partial charge in [0, 0.05) is 11.3 Å². The third-order valence-electron chi connectivity index (χ3n) is 5.98. The molecule has 2 aromatic rings. The Kier molecular flexibility index (Phi) is 4.29. The highest BCUT2D eigenvalue weighted by molar-refractivity contribution is 8.01. The summed E-state index contributed by atoms with van der Waals surface area (Å²) in [6.07, 6.45) is 6.42. The van der Waals surface area contributed by atoms with Gasteiger partial charge in [-0.25, -0.2) is 0 Å². The standard InChI is InChI=1S/C20H24N2S2/c1-13-6-4-5-7-16(13)18-21-22-19(24-18)23-11-10-14-8-9-15-12-17(14)20(15,2)3/h4-8,15,17H,9-12H2,1-3H3. The quantitative estimate of drug-likeness (QED) is 0.486. The lowest BCUT2D eigenvalue weighted by Crippen LogP contribution is -2.48. The van der Waals surface area contributed by atoms with E-state index in [2.05, 4.69) is 61.3 Å². The lowest BCUT2D eigenvalue weighted by molar-refractivity contribution is -0.00767. The molecule has 4 heteroatoms. The second-order valence-corrected chi connectivity index (χ2v) is 9.93. The van der Waals surface area contributed by atoms with Crippen LogP contribution in [0.4, 0.5) is 0 Å². The van der Waals surface area contributed by atoms with Crippen LogP contribution in [-0.4, -0.2) is 16.0 Å². The lowest BCUT2D eigenvalue weighted by Gasteiger charge is -2.56. The molecule has 1 aromatic heterocycles. The van der Waals surface area contributed by atoms with E-state index < -0.39 is 0 Å². The molecule has 126 valence electrons. The van der Waals surface area contributed by atoms with E-state index in [4.69, 9.17) is 0 Å². The van der Waals surface area contributed by atoms with Crippen molar-refractivity contribution < 1.29 is 0 Å². The number of aromatic nitrogens is 2. The van der Waals surface area contributed by atoms with Gasteiger partial charge in [0.15, 0.2) is 4.34 Å². The summed E-state index contributed by atoms with van der Waals surface area (Å²) in [7, 11) is 0. The first kappa shape index (κ1) is 16.3. The Labute approximate surface area is 152 Å². The molecule has 0 radical (unpaired) electrons. The zero-order valence-corrected chi connectivity index (χ0v) is 16.2. The van der Waals surface area contributed by atoms with Crippen LogP contribution in [0.1, 0.15) is 38.7 Å². The number of aryl methyl sites for hydroxylation is 1. The fourth-order valence-corrected chi connectivity index (χ4v) is 6.20. The average Bonchev–Trinajstić information content (AvgIpc) is 3.04. The number of hydrogen-bond donors (Lipinski definition) is 0. The summed E-state index contributed by atoms with van der Waals surface area (Å²) >= 11 is 3.58. The summed E-state index contributed by atoms with van der Waals surface area (Å²) in [5.41, 5.74) is 4.70. The molecule has 0 spiro atoms. The average molecular weight is 357 g/mol. The van der Waals surface area contributed by atoms with Gasteiger partial charge < -0.3 is 0 Å². The van der Waals surface area contributed by atoms with Crippen molar-refractivity contribution in [1.82, 2.24) is 10.2 Å². The molecule has 5 rings (SSSR count). The Balaban J connectivity index is 1.36. The summed E-state index contributed by atoms with van der Waals surface area (Å²) in [4.78, 5) is 0. The number of rotatable bonds is 5. The van der Waals surface area contributed by atoms with E-state index in [1.165, 1.54) is 30.4 Å². The van der Waals surface area contributed by atoms with Crippen molar-refractivity contribution in [2.75, 3.05) is 5.75 Å². The summed E-state index contributed by atoms with van der Waals surface area (Å²) in [5.74, 6) is 2.87. The Bertz CT molecular complexity index is 775. The molecule has 24 heavy (non-hydrogen) atoms. The van der Waals surface area contributed by atoms with Gasteiger partial charge in [-0.05, 0) is 49.0 Å². The molecule has 1 aromatic carbocycles. The van der Waals surface area contributed by atoms with Crippen molar-refractivity contribution in [2.45, 2.75) is 44.4 Å². The predicted molar refractivity (Wildman–Crippen MR) is 104 cm³/mol. The molecule has 0 aliphatic heterocycles. The molecule has 0 saturated heterocycles. The zero-order chi connectivity index (χ0) is 16.7. The van der Waals surface area contributed by atoms with Crippen molar-refractivity contribution in [1.29, 1.82) is 0 Å². The molecule has 2 unspecified atom stereocenters. The van der Waals surface area contributed by atoms with Gasteiger partial charge in [0.1, 0.15) is 5.01 Å². The first-order chi connectivity index (χ1) is 11.6. The molecular weight excluding hydrogens is 332 g/mol. The molecule has 0 N–H and O–H groups in total. The molecule has 0 amide bonds. The minimum absolute atomic E-state index is 0.537. The number of hydrogen-bond acceptors (Lipinski definition) is 4. The van der Waals surface area contributed by atoms with Crippen LogP contribution in [0.2, 0.25) is 0 Å². The van der Waals surface area contributed by atoms with E-state index in [-0.39, 0.29) is 0 Å². The highest BCUT2D eigenvalue weighted by atomic mass is 32.2. The second kappa shape index (κ2) is 6.30. The maximum atomic E-state index is 4.39. The fourth-order valence-electron chi connectivity index (χ4n) is 4.20. The number of thioether (sulfide) groups is 1. The Morgan fingerprint density at radius 1 is 1.25 bits per heavy atom. The molecular formula is C20H24N2S2. The van der Waals surface area contributed by atoms with Gasteiger partial charge in [-0.1, -0.05) is 72.9 Å². The SMILES string of the molecule is Cc1ccccc1-c1nnc(SCCC2=CCC3CC2C3(C)C)s1. The van der Waals surface area contributed by atoms with E-state index >= 15 is 0 Å². The number of nitrogens with zero attached hydrogens (tertiary/aromatic N) is 2. The molecule has 3 aliphatic carbocycles. The Morgan fingerprint density at radius 3 is 2.83 bits per heavy atom. The van der Waals surface area contributed by atoms with Crippen molar-refractivity contribution in [2.24, 2.45) is 17.3 Å². The topological polar surface area (TPSA) is 25.8 Å². The van der Waals surface area contributed by atoms with Crippen molar-refractivity contribution in [3.8, 4) is 10.6 Å². The monoisotopic (exact) mass is 356 g/mol. The van der Waals surface area contributed by atoms with E-state index in [0.29, 0.717) is 5.41 Å². The Morgan fingerprint density at radius 2 is 2.08 bits per heavy atom. The fraction of sp³-hybridized carbons (Fsp3) is 0.500. The van der Waals surface area contributed by atoms with Gasteiger partial charge in [0.25, 0.3) is 0 Å².